The summed E-state index contributed by atoms with van der Waals surface area (Å²) in [6.45, 7) is 13.2. The van der Waals surface area contributed by atoms with Gasteiger partial charge in [0.15, 0.2) is 0 Å². The molecule has 1 nitrogen and oxygen atoms in total. The summed E-state index contributed by atoms with van der Waals surface area (Å²) in [5, 5.41) is 0. The van der Waals surface area contributed by atoms with Crippen LogP contribution in [-0.4, -0.2) is 10.5 Å². The molecule has 0 bridgehead atoms. The summed E-state index contributed by atoms with van der Waals surface area (Å²) in [6.07, 6.45) is 0. The van der Waals surface area contributed by atoms with Gasteiger partial charge in [0.25, 0.3) is 0 Å². The van der Waals surface area contributed by atoms with Crippen molar-refractivity contribution < 1.29 is 0 Å². The van der Waals surface area contributed by atoms with E-state index in [1.165, 1.54) is 5.56 Å². The van der Waals surface area contributed by atoms with E-state index < -0.39 is 0 Å². The van der Waals surface area contributed by atoms with Gasteiger partial charge >= 0.3 is 0 Å². The Morgan fingerprint density at radius 3 is 1.88 bits per heavy atom. The van der Waals surface area contributed by atoms with E-state index in [9.17, 15) is 0 Å². The van der Waals surface area contributed by atoms with Crippen LogP contribution in [0.25, 0.3) is 0 Å². The van der Waals surface area contributed by atoms with Crippen LogP contribution in [0.4, 0.5) is 0 Å². The van der Waals surface area contributed by atoms with E-state index in [2.05, 4.69) is 65.8 Å². The third-order valence-corrected chi connectivity index (χ3v) is 2.99. The third kappa shape index (κ3) is 4.95. The second kappa shape index (κ2) is 5.26. The van der Waals surface area contributed by atoms with Crippen LogP contribution in [0.15, 0.2) is 34.7 Å². The second-order valence-corrected chi connectivity index (χ2v) is 7.85. The zero-order valence-electron chi connectivity index (χ0n) is 11.7. The van der Waals surface area contributed by atoms with E-state index >= 15 is 0 Å². The van der Waals surface area contributed by atoms with Crippen molar-refractivity contribution >= 4 is 17.7 Å². The zero-order valence-corrected chi connectivity index (χ0v) is 12.6. The lowest BCUT2D eigenvalue weighted by molar-refractivity contribution is 0.593. The Morgan fingerprint density at radius 1 is 0.941 bits per heavy atom. The number of nitrogens with zero attached hydrogens (tertiary/aromatic N) is 1. The molecule has 0 aromatic heterocycles. The molecule has 0 saturated carbocycles. The Hall–Kier alpha value is -0.760. The minimum absolute atomic E-state index is 0.0691. The molecular weight excluding hydrogens is 226 g/mol. The Bertz CT molecular complexity index is 380. The molecule has 0 aliphatic carbocycles. The molecule has 1 aromatic rings. The summed E-state index contributed by atoms with van der Waals surface area (Å²) in [7, 11) is 0. The first kappa shape index (κ1) is 14.3. The average Bonchev–Trinajstić information content (AvgIpc) is 2.15. The SMILES string of the molecule is CC(C)(C)SN=C(c1ccccc1)C(C)(C)C. The van der Waals surface area contributed by atoms with E-state index in [-0.39, 0.29) is 10.2 Å². The standard InChI is InChI=1S/C15H23NS/c1-14(2,3)13(16-17-15(4,5)6)12-10-8-7-9-11-12/h7-11H,1-6H3. The van der Waals surface area contributed by atoms with E-state index in [0.29, 0.717) is 0 Å². The fourth-order valence-corrected chi connectivity index (χ4v) is 2.15. The van der Waals surface area contributed by atoms with Gasteiger partial charge in [0.1, 0.15) is 0 Å². The van der Waals surface area contributed by atoms with Crippen LogP contribution in [0.1, 0.15) is 47.1 Å². The molecule has 0 unspecified atom stereocenters. The van der Waals surface area contributed by atoms with Gasteiger partial charge < -0.3 is 0 Å². The van der Waals surface area contributed by atoms with Crippen molar-refractivity contribution in [2.75, 3.05) is 0 Å². The van der Waals surface area contributed by atoms with Gasteiger partial charge in [0.05, 0.1) is 5.71 Å². The third-order valence-electron chi connectivity index (χ3n) is 2.17. The van der Waals surface area contributed by atoms with E-state index in [4.69, 9.17) is 4.40 Å². The van der Waals surface area contributed by atoms with Gasteiger partial charge in [-0.1, -0.05) is 51.1 Å². The maximum absolute atomic E-state index is 4.77. The highest BCUT2D eigenvalue weighted by Crippen LogP contribution is 2.30. The normalized spacial score (nSPS) is 13.9. The average molecular weight is 249 g/mol. The summed E-state index contributed by atoms with van der Waals surface area (Å²) >= 11 is 1.65. The Morgan fingerprint density at radius 2 is 1.47 bits per heavy atom. The number of benzene rings is 1. The zero-order chi connectivity index (χ0) is 13.1. The minimum atomic E-state index is 0.0691. The first-order chi connectivity index (χ1) is 7.70. The van der Waals surface area contributed by atoms with Crippen LogP contribution in [0.5, 0.6) is 0 Å². The first-order valence-corrected chi connectivity index (χ1v) is 6.79. The molecule has 0 aliphatic heterocycles. The van der Waals surface area contributed by atoms with Gasteiger partial charge in [-0.05, 0) is 38.3 Å². The summed E-state index contributed by atoms with van der Waals surface area (Å²) in [6, 6.07) is 10.4. The fourth-order valence-electron chi connectivity index (χ4n) is 1.40. The number of rotatable bonds is 2. The van der Waals surface area contributed by atoms with Crippen molar-refractivity contribution in [2.45, 2.75) is 46.3 Å². The Labute approximate surface area is 110 Å². The largest absolute Gasteiger partial charge is 0.219 e. The highest BCUT2D eigenvalue weighted by molar-refractivity contribution is 7.99. The highest BCUT2D eigenvalue weighted by atomic mass is 32.2. The van der Waals surface area contributed by atoms with Crippen molar-refractivity contribution in [3.63, 3.8) is 0 Å². The monoisotopic (exact) mass is 249 g/mol. The van der Waals surface area contributed by atoms with Crippen LogP contribution < -0.4 is 0 Å². The molecule has 94 valence electrons. The molecule has 0 spiro atoms. The molecule has 0 amide bonds. The number of hydrogen-bond donors (Lipinski definition) is 0. The lowest BCUT2D eigenvalue weighted by atomic mass is 9.86. The maximum Gasteiger partial charge on any atom is 0.0612 e. The topological polar surface area (TPSA) is 12.4 Å². The fraction of sp³-hybridized carbons (Fsp3) is 0.533. The van der Waals surface area contributed by atoms with E-state index in [0.717, 1.165) is 5.71 Å². The maximum atomic E-state index is 4.77. The van der Waals surface area contributed by atoms with Crippen molar-refractivity contribution in [3.05, 3.63) is 35.9 Å². The Balaban J connectivity index is 3.07. The molecule has 1 aromatic carbocycles. The van der Waals surface area contributed by atoms with Gasteiger partial charge in [0, 0.05) is 10.2 Å². The smallest absolute Gasteiger partial charge is 0.0612 e. The molecule has 0 aliphatic rings. The predicted molar refractivity (Wildman–Crippen MR) is 79.8 cm³/mol. The van der Waals surface area contributed by atoms with Gasteiger partial charge in [0.2, 0.25) is 0 Å². The summed E-state index contributed by atoms with van der Waals surface area (Å²) in [5.41, 5.74) is 2.45. The molecule has 0 radical (unpaired) electrons. The lowest BCUT2D eigenvalue weighted by Gasteiger charge is -2.23. The molecule has 1 rings (SSSR count). The first-order valence-electron chi connectivity index (χ1n) is 6.02. The van der Waals surface area contributed by atoms with Gasteiger partial charge in [-0.2, -0.15) is 0 Å². The quantitative estimate of drug-likeness (QED) is 0.532. The van der Waals surface area contributed by atoms with E-state index in [1.54, 1.807) is 11.9 Å². The molecule has 0 N–H and O–H groups in total. The van der Waals surface area contributed by atoms with Crippen LogP contribution in [0.3, 0.4) is 0 Å². The summed E-state index contributed by atoms with van der Waals surface area (Å²) < 4.78 is 4.93. The molecule has 0 heterocycles. The Kier molecular flexibility index (Phi) is 4.42. The summed E-state index contributed by atoms with van der Waals surface area (Å²) in [4.78, 5) is 0. The molecule has 2 heteroatoms. The molecular formula is C15H23NS. The van der Waals surface area contributed by atoms with Crippen molar-refractivity contribution in [1.29, 1.82) is 0 Å². The van der Waals surface area contributed by atoms with Crippen LogP contribution in [0.2, 0.25) is 0 Å². The second-order valence-electron chi connectivity index (χ2n) is 6.26. The van der Waals surface area contributed by atoms with Crippen molar-refractivity contribution in [3.8, 4) is 0 Å². The number of hydrogen-bond acceptors (Lipinski definition) is 2. The minimum Gasteiger partial charge on any atom is -0.219 e. The van der Waals surface area contributed by atoms with Gasteiger partial charge in [-0.25, -0.2) is 4.40 Å². The van der Waals surface area contributed by atoms with E-state index in [1.807, 2.05) is 6.07 Å². The summed E-state index contributed by atoms with van der Waals surface area (Å²) in [5.74, 6) is 0. The molecule has 0 saturated heterocycles. The molecule has 0 fully saturated rings. The lowest BCUT2D eigenvalue weighted by Crippen LogP contribution is -2.21. The van der Waals surface area contributed by atoms with Crippen LogP contribution >= 0.6 is 11.9 Å². The van der Waals surface area contributed by atoms with Crippen molar-refractivity contribution in [1.82, 2.24) is 0 Å². The predicted octanol–water partition coefficient (Wildman–Crippen LogP) is 4.97. The molecule has 17 heavy (non-hydrogen) atoms. The van der Waals surface area contributed by atoms with Crippen LogP contribution in [-0.2, 0) is 0 Å². The van der Waals surface area contributed by atoms with Crippen molar-refractivity contribution in [2.24, 2.45) is 9.81 Å². The van der Waals surface area contributed by atoms with Gasteiger partial charge in [-0.3, -0.25) is 0 Å². The van der Waals surface area contributed by atoms with Gasteiger partial charge in [-0.15, -0.1) is 0 Å². The van der Waals surface area contributed by atoms with Crippen LogP contribution in [0, 0.1) is 5.41 Å². The molecule has 0 atom stereocenters. The highest BCUT2D eigenvalue weighted by Gasteiger charge is 2.22.